The first-order valence-electron chi connectivity index (χ1n) is 8.89. The van der Waals surface area contributed by atoms with Crippen LogP contribution < -0.4 is 9.64 Å². The lowest BCUT2D eigenvalue weighted by atomic mass is 10.2. The van der Waals surface area contributed by atoms with Gasteiger partial charge in [0.1, 0.15) is 11.8 Å². The van der Waals surface area contributed by atoms with Crippen LogP contribution in [0.15, 0.2) is 36.5 Å². The molecule has 1 aromatic heterocycles. The molecule has 0 bridgehead atoms. The van der Waals surface area contributed by atoms with Crippen LogP contribution in [0.4, 0.5) is 5.82 Å². The van der Waals surface area contributed by atoms with Crippen molar-refractivity contribution >= 4 is 5.82 Å². The normalized spacial score (nSPS) is 21.3. The van der Waals surface area contributed by atoms with E-state index in [1.165, 1.54) is 5.56 Å². The molecule has 1 fully saturated rings. The molecule has 4 rings (SSSR count). The van der Waals surface area contributed by atoms with Crippen LogP contribution in [0.2, 0.25) is 0 Å². The number of hydrogen-bond acceptors (Lipinski definition) is 6. The molecule has 132 valence electrons. The Kier molecular flexibility index (Phi) is 4.81. The zero-order valence-corrected chi connectivity index (χ0v) is 14.6. The predicted molar refractivity (Wildman–Crippen MR) is 95.7 cm³/mol. The largest absolute Gasteiger partial charge is 0.472 e. The van der Waals surface area contributed by atoms with Crippen molar-refractivity contribution in [3.63, 3.8) is 0 Å². The fourth-order valence-corrected chi connectivity index (χ4v) is 3.37. The van der Waals surface area contributed by atoms with E-state index in [1.54, 1.807) is 0 Å². The summed E-state index contributed by atoms with van der Waals surface area (Å²) < 4.78 is 11.5. The number of nitrogens with zero attached hydrogens (tertiary/aromatic N) is 4. The van der Waals surface area contributed by atoms with Gasteiger partial charge in [0.25, 0.3) is 0 Å². The van der Waals surface area contributed by atoms with E-state index in [4.69, 9.17) is 14.5 Å². The van der Waals surface area contributed by atoms with E-state index in [-0.39, 0.29) is 6.10 Å². The minimum absolute atomic E-state index is 0.0826. The molecule has 2 aromatic rings. The molecule has 0 unspecified atom stereocenters. The fraction of sp³-hybridized carbons (Fsp3) is 0.474. The van der Waals surface area contributed by atoms with E-state index in [1.807, 2.05) is 12.3 Å². The third kappa shape index (κ3) is 3.91. The highest BCUT2D eigenvalue weighted by molar-refractivity contribution is 5.40. The number of rotatable bonds is 3. The molecular formula is C19H24N4O2. The van der Waals surface area contributed by atoms with Crippen molar-refractivity contribution in [1.82, 2.24) is 14.9 Å². The van der Waals surface area contributed by atoms with Gasteiger partial charge in [-0.15, -0.1) is 0 Å². The van der Waals surface area contributed by atoms with Gasteiger partial charge in [-0.3, -0.25) is 9.88 Å². The highest BCUT2D eigenvalue weighted by Gasteiger charge is 2.24. The first kappa shape index (κ1) is 16.3. The molecule has 6 heteroatoms. The smallest absolute Gasteiger partial charge is 0.239 e. The molecule has 3 heterocycles. The second-order valence-electron chi connectivity index (χ2n) is 6.66. The number of hydrogen-bond donors (Lipinski definition) is 0. The van der Waals surface area contributed by atoms with Crippen molar-refractivity contribution in [2.75, 3.05) is 37.7 Å². The Morgan fingerprint density at radius 2 is 1.96 bits per heavy atom. The average Bonchev–Trinajstić information content (AvgIpc) is 2.80. The predicted octanol–water partition coefficient (Wildman–Crippen LogP) is 2.10. The molecule has 0 N–H and O–H groups in total. The Hall–Kier alpha value is -2.18. The van der Waals surface area contributed by atoms with Crippen LogP contribution in [-0.2, 0) is 17.8 Å². The number of fused-ring (bicyclic) bond motifs is 1. The van der Waals surface area contributed by atoms with Crippen molar-refractivity contribution in [3.05, 3.63) is 47.8 Å². The third-order valence-electron chi connectivity index (χ3n) is 4.58. The van der Waals surface area contributed by atoms with E-state index < -0.39 is 0 Å². The SMILES string of the molecule is C[C@H]1CN(Cc2ccccc2)Cc2ncc(N3CCOCC3)nc2O1. The van der Waals surface area contributed by atoms with Gasteiger partial charge in [0.05, 0.1) is 19.4 Å². The Labute approximate surface area is 148 Å². The van der Waals surface area contributed by atoms with Crippen molar-refractivity contribution in [1.29, 1.82) is 0 Å². The van der Waals surface area contributed by atoms with E-state index in [0.29, 0.717) is 5.88 Å². The second-order valence-corrected chi connectivity index (χ2v) is 6.66. The van der Waals surface area contributed by atoms with Gasteiger partial charge >= 0.3 is 0 Å². The molecule has 0 aliphatic carbocycles. The molecule has 1 atom stereocenters. The summed E-state index contributed by atoms with van der Waals surface area (Å²) in [4.78, 5) is 14.0. The van der Waals surface area contributed by atoms with Gasteiger partial charge in [-0.1, -0.05) is 30.3 Å². The lowest BCUT2D eigenvalue weighted by molar-refractivity contribution is 0.122. The maximum atomic E-state index is 6.08. The summed E-state index contributed by atoms with van der Waals surface area (Å²) in [5.41, 5.74) is 2.22. The molecule has 6 nitrogen and oxygen atoms in total. The maximum absolute atomic E-state index is 6.08. The van der Waals surface area contributed by atoms with Gasteiger partial charge in [0, 0.05) is 32.7 Å². The highest BCUT2D eigenvalue weighted by atomic mass is 16.5. The molecule has 0 spiro atoms. The third-order valence-corrected chi connectivity index (χ3v) is 4.58. The lowest BCUT2D eigenvalue weighted by Crippen LogP contribution is -2.37. The second kappa shape index (κ2) is 7.37. The standard InChI is InChI=1S/C19H24N4O2/c1-15-12-22(13-16-5-3-2-4-6-16)14-17-19(25-15)21-18(11-20-17)23-7-9-24-10-8-23/h2-6,11,15H,7-10,12-14H2,1H3/t15-/m0/s1. The summed E-state index contributed by atoms with van der Waals surface area (Å²) in [6, 6.07) is 10.5. The number of ether oxygens (including phenoxy) is 2. The average molecular weight is 340 g/mol. The summed E-state index contributed by atoms with van der Waals surface area (Å²) in [5, 5.41) is 0. The molecule has 1 aromatic carbocycles. The van der Waals surface area contributed by atoms with Crippen LogP contribution in [0.25, 0.3) is 0 Å². The van der Waals surface area contributed by atoms with Crippen LogP contribution in [0, 0.1) is 0 Å². The summed E-state index contributed by atoms with van der Waals surface area (Å²) in [5.74, 6) is 1.55. The number of anilines is 1. The minimum Gasteiger partial charge on any atom is -0.472 e. The topological polar surface area (TPSA) is 50.7 Å². The van der Waals surface area contributed by atoms with E-state index in [9.17, 15) is 0 Å². The minimum atomic E-state index is 0.0826. The number of aromatic nitrogens is 2. The molecule has 0 saturated carbocycles. The van der Waals surface area contributed by atoms with Gasteiger partial charge < -0.3 is 14.4 Å². The summed E-state index contributed by atoms with van der Waals surface area (Å²) in [6.07, 6.45) is 1.95. The first-order valence-corrected chi connectivity index (χ1v) is 8.89. The molecule has 0 radical (unpaired) electrons. The highest BCUT2D eigenvalue weighted by Crippen LogP contribution is 2.25. The molecule has 0 amide bonds. The zero-order chi connectivity index (χ0) is 17.1. The molecule has 1 saturated heterocycles. The zero-order valence-electron chi connectivity index (χ0n) is 14.6. The molecular weight excluding hydrogens is 316 g/mol. The van der Waals surface area contributed by atoms with E-state index in [2.05, 4.69) is 46.0 Å². The van der Waals surface area contributed by atoms with Crippen LogP contribution >= 0.6 is 0 Å². The number of benzene rings is 1. The van der Waals surface area contributed by atoms with Gasteiger partial charge in [-0.05, 0) is 12.5 Å². The molecule has 25 heavy (non-hydrogen) atoms. The fourth-order valence-electron chi connectivity index (χ4n) is 3.37. The first-order chi connectivity index (χ1) is 12.3. The molecule has 2 aliphatic rings. The van der Waals surface area contributed by atoms with Crippen molar-refractivity contribution < 1.29 is 9.47 Å². The van der Waals surface area contributed by atoms with Crippen molar-refractivity contribution in [3.8, 4) is 5.88 Å². The summed E-state index contributed by atoms with van der Waals surface area (Å²) >= 11 is 0. The van der Waals surface area contributed by atoms with Gasteiger partial charge in [0.2, 0.25) is 5.88 Å². The van der Waals surface area contributed by atoms with Gasteiger partial charge in [-0.2, -0.15) is 4.98 Å². The summed E-state index contributed by atoms with van der Waals surface area (Å²) in [6.45, 7) is 7.77. The van der Waals surface area contributed by atoms with Crippen molar-refractivity contribution in [2.24, 2.45) is 0 Å². The van der Waals surface area contributed by atoms with Crippen LogP contribution in [0.1, 0.15) is 18.2 Å². The van der Waals surface area contributed by atoms with Crippen LogP contribution in [0.3, 0.4) is 0 Å². The maximum Gasteiger partial charge on any atom is 0.239 e. The quantitative estimate of drug-likeness (QED) is 0.853. The van der Waals surface area contributed by atoms with Gasteiger partial charge in [-0.25, -0.2) is 0 Å². The Morgan fingerprint density at radius 3 is 2.76 bits per heavy atom. The summed E-state index contributed by atoms with van der Waals surface area (Å²) in [7, 11) is 0. The Bertz CT molecular complexity index is 704. The Morgan fingerprint density at radius 1 is 1.16 bits per heavy atom. The lowest BCUT2D eigenvalue weighted by Gasteiger charge is -2.27. The van der Waals surface area contributed by atoms with E-state index in [0.717, 1.165) is 57.4 Å². The van der Waals surface area contributed by atoms with Gasteiger partial charge in [0.15, 0.2) is 5.82 Å². The molecule has 2 aliphatic heterocycles. The van der Waals surface area contributed by atoms with Crippen molar-refractivity contribution in [2.45, 2.75) is 26.1 Å². The Balaban J connectivity index is 1.53. The van der Waals surface area contributed by atoms with Crippen LogP contribution in [-0.4, -0.2) is 53.8 Å². The number of morpholine rings is 1. The monoisotopic (exact) mass is 340 g/mol. The van der Waals surface area contributed by atoms with Crippen LogP contribution in [0.5, 0.6) is 5.88 Å². The van der Waals surface area contributed by atoms with E-state index >= 15 is 0 Å².